The van der Waals surface area contributed by atoms with Gasteiger partial charge in [-0.3, -0.25) is 19.5 Å². The Labute approximate surface area is 120 Å². The number of hydrogen-bond donors (Lipinski definition) is 3. The summed E-state index contributed by atoms with van der Waals surface area (Å²) in [7, 11) is 0. The zero-order valence-corrected chi connectivity index (χ0v) is 11.4. The molecule has 3 N–H and O–H groups in total. The average molecular weight is 296 g/mol. The molecule has 0 spiro atoms. The number of carbonyl (C=O) groups excluding carboxylic acids is 1. The van der Waals surface area contributed by atoms with Gasteiger partial charge in [-0.25, -0.2) is 4.98 Å². The number of piperidine rings is 1. The Kier molecular flexibility index (Phi) is 4.20. The number of carboxylic acids is 2. The Morgan fingerprint density at radius 3 is 2.48 bits per heavy atom. The van der Waals surface area contributed by atoms with E-state index in [0.717, 1.165) is 0 Å². The van der Waals surface area contributed by atoms with Crippen molar-refractivity contribution in [1.82, 2.24) is 20.1 Å². The second-order valence-electron chi connectivity index (χ2n) is 4.89. The number of aryl methyl sites for hydroxylation is 1. The lowest BCUT2D eigenvalue weighted by Crippen LogP contribution is -2.48. The smallest absolute Gasteiger partial charge is 0.309 e. The molecule has 1 fully saturated rings. The highest BCUT2D eigenvalue weighted by Crippen LogP contribution is 2.25. The Bertz CT molecular complexity index is 570. The van der Waals surface area contributed by atoms with Crippen LogP contribution in [0.4, 0.5) is 0 Å². The number of likely N-dealkylation sites (tertiary alicyclic amines) is 1. The van der Waals surface area contributed by atoms with Crippen molar-refractivity contribution < 1.29 is 24.6 Å². The number of rotatable bonds is 4. The maximum Gasteiger partial charge on any atom is 0.309 e. The Hall–Kier alpha value is -2.45. The first-order chi connectivity index (χ1) is 9.93. The molecule has 0 bridgehead atoms. The van der Waals surface area contributed by atoms with Crippen LogP contribution in [0.1, 0.15) is 29.8 Å². The van der Waals surface area contributed by atoms with E-state index in [1.165, 1.54) is 4.90 Å². The summed E-state index contributed by atoms with van der Waals surface area (Å²) in [5.74, 6) is -4.42. The zero-order valence-electron chi connectivity index (χ0n) is 11.4. The lowest BCUT2D eigenvalue weighted by Gasteiger charge is -2.33. The summed E-state index contributed by atoms with van der Waals surface area (Å²) in [6, 6.07) is 0. The monoisotopic (exact) mass is 296 g/mol. The Balaban J connectivity index is 2.13. The van der Waals surface area contributed by atoms with Gasteiger partial charge in [0.25, 0.3) is 5.91 Å². The summed E-state index contributed by atoms with van der Waals surface area (Å²) >= 11 is 0. The third-order valence-electron chi connectivity index (χ3n) is 3.59. The molecular weight excluding hydrogens is 280 g/mol. The molecule has 0 radical (unpaired) electrons. The number of amides is 1. The molecule has 1 aliphatic rings. The van der Waals surface area contributed by atoms with Gasteiger partial charge in [-0.1, -0.05) is 6.92 Å². The van der Waals surface area contributed by atoms with Crippen LogP contribution in [0.3, 0.4) is 0 Å². The van der Waals surface area contributed by atoms with Gasteiger partial charge in [0.05, 0.1) is 11.8 Å². The number of carboxylic acid groups (broad SMARTS) is 2. The van der Waals surface area contributed by atoms with Crippen LogP contribution in [0.15, 0.2) is 0 Å². The predicted molar refractivity (Wildman–Crippen MR) is 68.5 cm³/mol. The van der Waals surface area contributed by atoms with Crippen molar-refractivity contribution in [2.45, 2.75) is 19.8 Å². The zero-order chi connectivity index (χ0) is 15.6. The van der Waals surface area contributed by atoms with Crippen molar-refractivity contribution in [3.8, 4) is 0 Å². The molecular formula is C12H16N4O5. The lowest BCUT2D eigenvalue weighted by atomic mass is 9.85. The molecule has 0 saturated carbocycles. The molecule has 9 heteroatoms. The highest BCUT2D eigenvalue weighted by Gasteiger charge is 2.40. The van der Waals surface area contributed by atoms with Gasteiger partial charge < -0.3 is 15.1 Å². The van der Waals surface area contributed by atoms with Crippen LogP contribution in [0.25, 0.3) is 0 Å². The number of carbonyl (C=O) groups is 3. The van der Waals surface area contributed by atoms with E-state index in [1.54, 1.807) is 0 Å². The number of aromatic nitrogens is 3. The molecule has 1 saturated heterocycles. The van der Waals surface area contributed by atoms with Crippen LogP contribution in [0.5, 0.6) is 0 Å². The second kappa shape index (κ2) is 5.90. The Morgan fingerprint density at radius 2 is 1.95 bits per heavy atom. The molecule has 114 valence electrons. The summed E-state index contributed by atoms with van der Waals surface area (Å²) in [5.41, 5.74) is 0. The van der Waals surface area contributed by atoms with Crippen LogP contribution in [0.2, 0.25) is 0 Å². The normalized spacial score (nSPS) is 22.0. The molecule has 2 unspecified atom stereocenters. The first kappa shape index (κ1) is 14.9. The molecule has 2 atom stereocenters. The largest absolute Gasteiger partial charge is 0.481 e. The van der Waals surface area contributed by atoms with E-state index >= 15 is 0 Å². The van der Waals surface area contributed by atoms with Crippen molar-refractivity contribution in [1.29, 1.82) is 0 Å². The molecule has 1 aromatic rings. The van der Waals surface area contributed by atoms with Crippen molar-refractivity contribution in [3.05, 3.63) is 11.6 Å². The number of nitrogens with one attached hydrogen (secondary N) is 1. The second-order valence-corrected chi connectivity index (χ2v) is 4.89. The van der Waals surface area contributed by atoms with E-state index in [0.29, 0.717) is 12.2 Å². The standard InChI is InChI=1S/C12H16N4O5/c1-2-8-13-9(15-14-8)10(17)16-4-3-6(11(18)19)7(5-16)12(20)21/h6-7H,2-5H2,1H3,(H,18,19)(H,20,21)(H,13,14,15). The third kappa shape index (κ3) is 3.01. The van der Waals surface area contributed by atoms with Gasteiger partial charge in [0.1, 0.15) is 5.82 Å². The number of hydrogen-bond acceptors (Lipinski definition) is 5. The summed E-state index contributed by atoms with van der Waals surface area (Å²) < 4.78 is 0. The van der Waals surface area contributed by atoms with Crippen LogP contribution in [-0.2, 0) is 16.0 Å². The van der Waals surface area contributed by atoms with Gasteiger partial charge in [0.15, 0.2) is 0 Å². The van der Waals surface area contributed by atoms with Gasteiger partial charge >= 0.3 is 11.9 Å². The maximum atomic E-state index is 12.2. The van der Waals surface area contributed by atoms with E-state index in [4.69, 9.17) is 10.2 Å². The molecule has 1 amide bonds. The number of aliphatic carboxylic acids is 2. The number of H-pyrrole nitrogens is 1. The topological polar surface area (TPSA) is 136 Å². The highest BCUT2D eigenvalue weighted by molar-refractivity contribution is 5.91. The van der Waals surface area contributed by atoms with Gasteiger partial charge in [-0.05, 0) is 6.42 Å². The fraction of sp³-hybridized carbons (Fsp3) is 0.583. The molecule has 1 aromatic heterocycles. The van der Waals surface area contributed by atoms with Crippen LogP contribution >= 0.6 is 0 Å². The number of nitrogens with zero attached hydrogens (tertiary/aromatic N) is 3. The third-order valence-corrected chi connectivity index (χ3v) is 3.59. The lowest BCUT2D eigenvalue weighted by molar-refractivity contribution is -0.156. The minimum Gasteiger partial charge on any atom is -0.481 e. The minimum absolute atomic E-state index is 0.0234. The van der Waals surface area contributed by atoms with Crippen molar-refractivity contribution in [3.63, 3.8) is 0 Å². The predicted octanol–water partition coefficient (Wildman–Crippen LogP) is -0.385. The van der Waals surface area contributed by atoms with E-state index in [9.17, 15) is 14.4 Å². The molecule has 0 aromatic carbocycles. The maximum absolute atomic E-state index is 12.2. The van der Waals surface area contributed by atoms with Gasteiger partial charge in [-0.2, -0.15) is 0 Å². The summed E-state index contributed by atoms with van der Waals surface area (Å²) in [6.45, 7) is 1.88. The molecule has 0 aliphatic carbocycles. The fourth-order valence-electron chi connectivity index (χ4n) is 2.37. The van der Waals surface area contributed by atoms with Crippen molar-refractivity contribution in [2.24, 2.45) is 11.8 Å². The van der Waals surface area contributed by atoms with E-state index < -0.39 is 29.7 Å². The van der Waals surface area contributed by atoms with E-state index in [1.807, 2.05) is 6.92 Å². The van der Waals surface area contributed by atoms with Gasteiger partial charge in [0.2, 0.25) is 5.82 Å². The fourth-order valence-corrected chi connectivity index (χ4v) is 2.37. The van der Waals surface area contributed by atoms with Crippen molar-refractivity contribution >= 4 is 17.8 Å². The summed E-state index contributed by atoms with van der Waals surface area (Å²) in [4.78, 5) is 39.8. The first-order valence-electron chi connectivity index (χ1n) is 6.60. The molecule has 21 heavy (non-hydrogen) atoms. The molecule has 2 heterocycles. The molecule has 1 aliphatic heterocycles. The van der Waals surface area contributed by atoms with E-state index in [-0.39, 0.29) is 25.3 Å². The summed E-state index contributed by atoms with van der Waals surface area (Å²) in [5, 5.41) is 24.6. The number of aromatic amines is 1. The van der Waals surface area contributed by atoms with Crippen LogP contribution in [0, 0.1) is 11.8 Å². The highest BCUT2D eigenvalue weighted by atomic mass is 16.4. The minimum atomic E-state index is -1.22. The first-order valence-corrected chi connectivity index (χ1v) is 6.60. The van der Waals surface area contributed by atoms with Gasteiger partial charge in [0, 0.05) is 19.5 Å². The van der Waals surface area contributed by atoms with Crippen LogP contribution in [-0.4, -0.2) is 61.2 Å². The molecule has 9 nitrogen and oxygen atoms in total. The van der Waals surface area contributed by atoms with Gasteiger partial charge in [-0.15, -0.1) is 5.10 Å². The van der Waals surface area contributed by atoms with Crippen molar-refractivity contribution in [2.75, 3.05) is 13.1 Å². The summed E-state index contributed by atoms with van der Waals surface area (Å²) in [6.07, 6.45) is 0.697. The molecule has 2 rings (SSSR count). The SMILES string of the molecule is CCc1nc(C(=O)N2CCC(C(=O)O)C(C(=O)O)C2)n[nH]1. The van der Waals surface area contributed by atoms with Crippen LogP contribution < -0.4 is 0 Å². The Morgan fingerprint density at radius 1 is 1.29 bits per heavy atom. The average Bonchev–Trinajstić information content (AvgIpc) is 2.94. The van der Waals surface area contributed by atoms with E-state index in [2.05, 4.69) is 15.2 Å². The quantitative estimate of drug-likeness (QED) is 0.688.